The first-order valence-corrected chi connectivity index (χ1v) is 8.97. The van der Waals surface area contributed by atoms with Crippen LogP contribution in [0.1, 0.15) is 24.8 Å². The van der Waals surface area contributed by atoms with Crippen molar-refractivity contribution in [3.05, 3.63) is 23.8 Å². The van der Waals surface area contributed by atoms with E-state index in [2.05, 4.69) is 20.3 Å². The van der Waals surface area contributed by atoms with E-state index in [1.54, 1.807) is 13.0 Å². The van der Waals surface area contributed by atoms with Crippen LogP contribution in [0.2, 0.25) is 0 Å². The maximum atomic E-state index is 12.4. The number of rotatable bonds is 5. The van der Waals surface area contributed by atoms with Crippen LogP contribution in [0.4, 0.5) is 19.3 Å². The van der Waals surface area contributed by atoms with Crippen molar-refractivity contribution in [3.63, 3.8) is 0 Å². The van der Waals surface area contributed by atoms with E-state index in [0.29, 0.717) is 24.5 Å². The summed E-state index contributed by atoms with van der Waals surface area (Å²) in [5.41, 5.74) is 1.20. The molecule has 2 unspecified atom stereocenters. The molecule has 2 amide bonds. The minimum Gasteiger partial charge on any atom is -0.435 e. The van der Waals surface area contributed by atoms with E-state index in [9.17, 15) is 13.6 Å². The molecular weight excluding hydrogens is 344 g/mol. The number of carbonyl (C=O) groups is 1. The molecule has 0 saturated carbocycles. The van der Waals surface area contributed by atoms with Crippen molar-refractivity contribution < 1.29 is 23.0 Å². The fraction of sp³-hybridized carbons (Fsp3) is 0.611. The lowest BCUT2D eigenvalue weighted by atomic mass is 10.1. The average molecular weight is 369 g/mol. The molecule has 2 aliphatic rings. The number of nitrogens with zero attached hydrogens (tertiary/aromatic N) is 1. The number of likely N-dealkylation sites (tertiary alicyclic amines) is 1. The van der Waals surface area contributed by atoms with E-state index in [0.717, 1.165) is 13.1 Å². The topological polar surface area (TPSA) is 62.8 Å². The summed E-state index contributed by atoms with van der Waals surface area (Å²) in [6.45, 7) is 2.06. The molecule has 1 aromatic rings. The second kappa shape index (κ2) is 8.64. The van der Waals surface area contributed by atoms with E-state index >= 15 is 0 Å². The number of amides is 2. The van der Waals surface area contributed by atoms with Crippen LogP contribution in [0, 0.1) is 6.92 Å². The Bertz CT molecular complexity index is 624. The SMILES string of the molecule is Cc1cc(OC(F)F)ccc1NC(=O)NC1COCC1N1CCCCC1. The number of urea groups is 1. The van der Waals surface area contributed by atoms with Gasteiger partial charge in [-0.1, -0.05) is 6.42 Å². The van der Waals surface area contributed by atoms with Crippen molar-refractivity contribution in [2.75, 3.05) is 31.6 Å². The Morgan fingerprint density at radius 3 is 2.73 bits per heavy atom. The predicted molar refractivity (Wildman–Crippen MR) is 93.8 cm³/mol. The van der Waals surface area contributed by atoms with Crippen molar-refractivity contribution >= 4 is 11.7 Å². The third-order valence-corrected chi connectivity index (χ3v) is 4.90. The summed E-state index contributed by atoms with van der Waals surface area (Å²) in [6.07, 6.45) is 3.62. The molecule has 1 aromatic carbocycles. The first kappa shape index (κ1) is 18.8. The lowest BCUT2D eigenvalue weighted by Gasteiger charge is -2.34. The van der Waals surface area contributed by atoms with Crippen molar-refractivity contribution in [1.29, 1.82) is 0 Å². The highest BCUT2D eigenvalue weighted by atomic mass is 19.3. The Kier molecular flexibility index (Phi) is 6.26. The molecule has 26 heavy (non-hydrogen) atoms. The highest BCUT2D eigenvalue weighted by molar-refractivity contribution is 5.90. The summed E-state index contributed by atoms with van der Waals surface area (Å²) in [5.74, 6) is 0.0674. The molecule has 2 heterocycles. The fourth-order valence-corrected chi connectivity index (χ4v) is 3.57. The molecule has 2 fully saturated rings. The lowest BCUT2D eigenvalue weighted by molar-refractivity contribution is -0.0498. The molecule has 0 spiro atoms. The maximum absolute atomic E-state index is 12.4. The number of hydrogen-bond acceptors (Lipinski definition) is 4. The van der Waals surface area contributed by atoms with Crippen LogP contribution < -0.4 is 15.4 Å². The molecule has 0 radical (unpaired) electrons. The van der Waals surface area contributed by atoms with Crippen LogP contribution >= 0.6 is 0 Å². The van der Waals surface area contributed by atoms with Gasteiger partial charge in [0.05, 0.1) is 25.3 Å². The van der Waals surface area contributed by atoms with Gasteiger partial charge in [0.1, 0.15) is 5.75 Å². The van der Waals surface area contributed by atoms with Crippen molar-refractivity contribution in [2.45, 2.75) is 44.9 Å². The zero-order chi connectivity index (χ0) is 18.5. The standard InChI is InChI=1S/C18H25F2N3O3/c1-12-9-13(26-17(19)20)5-6-14(12)21-18(24)22-15-10-25-11-16(15)23-7-3-2-4-8-23/h5-6,9,15-17H,2-4,7-8,10-11H2,1H3,(H2,21,22,24). The molecule has 2 saturated heterocycles. The second-order valence-corrected chi connectivity index (χ2v) is 6.76. The first-order chi connectivity index (χ1) is 12.5. The largest absolute Gasteiger partial charge is 0.435 e. The minimum atomic E-state index is -2.87. The van der Waals surface area contributed by atoms with E-state index in [4.69, 9.17) is 4.74 Å². The molecule has 2 atom stereocenters. The number of nitrogens with one attached hydrogen (secondary N) is 2. The lowest BCUT2D eigenvalue weighted by Crippen LogP contribution is -2.53. The zero-order valence-corrected chi connectivity index (χ0v) is 14.8. The smallest absolute Gasteiger partial charge is 0.387 e. The van der Waals surface area contributed by atoms with Crippen LogP contribution in [0.15, 0.2) is 18.2 Å². The second-order valence-electron chi connectivity index (χ2n) is 6.76. The van der Waals surface area contributed by atoms with Gasteiger partial charge in [0, 0.05) is 5.69 Å². The van der Waals surface area contributed by atoms with Gasteiger partial charge in [0.15, 0.2) is 0 Å². The number of benzene rings is 1. The van der Waals surface area contributed by atoms with E-state index < -0.39 is 6.61 Å². The Balaban J connectivity index is 1.56. The monoisotopic (exact) mass is 369 g/mol. The molecule has 3 rings (SSSR count). The number of alkyl halides is 2. The fourth-order valence-electron chi connectivity index (χ4n) is 3.57. The number of carbonyl (C=O) groups excluding carboxylic acids is 1. The highest BCUT2D eigenvalue weighted by Crippen LogP contribution is 2.23. The van der Waals surface area contributed by atoms with Gasteiger partial charge < -0.3 is 20.1 Å². The number of anilines is 1. The summed E-state index contributed by atoms with van der Waals surface area (Å²) < 4.78 is 34.5. The van der Waals surface area contributed by atoms with Gasteiger partial charge in [-0.2, -0.15) is 8.78 Å². The first-order valence-electron chi connectivity index (χ1n) is 8.97. The van der Waals surface area contributed by atoms with E-state index in [-0.39, 0.29) is 23.9 Å². The molecule has 0 bridgehead atoms. The molecular formula is C18H25F2N3O3. The molecule has 2 N–H and O–H groups in total. The van der Waals surface area contributed by atoms with Crippen LogP contribution in [0.3, 0.4) is 0 Å². The number of ether oxygens (including phenoxy) is 2. The number of hydrogen-bond donors (Lipinski definition) is 2. The van der Waals surface area contributed by atoms with E-state index in [1.165, 1.54) is 31.4 Å². The van der Waals surface area contributed by atoms with E-state index in [1.807, 2.05) is 0 Å². The third-order valence-electron chi connectivity index (χ3n) is 4.90. The van der Waals surface area contributed by atoms with Gasteiger partial charge >= 0.3 is 12.6 Å². The quantitative estimate of drug-likeness (QED) is 0.838. The Labute approximate surface area is 151 Å². The predicted octanol–water partition coefficient (Wildman–Crippen LogP) is 2.97. The molecule has 6 nitrogen and oxygen atoms in total. The van der Waals surface area contributed by atoms with Crippen LogP contribution in [0.5, 0.6) is 5.75 Å². The molecule has 2 aliphatic heterocycles. The summed E-state index contributed by atoms with van der Waals surface area (Å²) >= 11 is 0. The van der Waals surface area contributed by atoms with Gasteiger partial charge in [0.25, 0.3) is 0 Å². The summed E-state index contributed by atoms with van der Waals surface area (Å²) in [4.78, 5) is 14.8. The molecule has 8 heteroatoms. The summed E-state index contributed by atoms with van der Waals surface area (Å²) in [5, 5.41) is 5.75. The van der Waals surface area contributed by atoms with Crippen LogP contribution in [-0.2, 0) is 4.74 Å². The highest BCUT2D eigenvalue weighted by Gasteiger charge is 2.34. The van der Waals surface area contributed by atoms with Gasteiger partial charge in [-0.05, 0) is 56.6 Å². The van der Waals surface area contributed by atoms with Gasteiger partial charge in [-0.15, -0.1) is 0 Å². The average Bonchev–Trinajstić information content (AvgIpc) is 3.05. The Hall–Kier alpha value is -1.93. The van der Waals surface area contributed by atoms with Crippen molar-refractivity contribution in [2.24, 2.45) is 0 Å². The van der Waals surface area contributed by atoms with Gasteiger partial charge in [-0.25, -0.2) is 4.79 Å². The number of piperidine rings is 1. The number of halogens is 2. The van der Waals surface area contributed by atoms with Gasteiger partial charge in [0.2, 0.25) is 0 Å². The van der Waals surface area contributed by atoms with Gasteiger partial charge in [-0.3, -0.25) is 4.90 Å². The summed E-state index contributed by atoms with van der Waals surface area (Å²) in [7, 11) is 0. The maximum Gasteiger partial charge on any atom is 0.387 e. The normalized spacial score (nSPS) is 23.8. The van der Waals surface area contributed by atoms with Crippen LogP contribution in [-0.4, -0.2) is 55.9 Å². The molecule has 144 valence electrons. The Morgan fingerprint density at radius 2 is 2.04 bits per heavy atom. The zero-order valence-electron chi connectivity index (χ0n) is 14.8. The minimum absolute atomic E-state index is 0.0603. The van der Waals surface area contributed by atoms with Crippen molar-refractivity contribution in [1.82, 2.24) is 10.2 Å². The summed E-state index contributed by atoms with van der Waals surface area (Å²) in [6, 6.07) is 4.24. The molecule has 0 aromatic heterocycles. The van der Waals surface area contributed by atoms with Crippen LogP contribution in [0.25, 0.3) is 0 Å². The third kappa shape index (κ3) is 4.82. The Morgan fingerprint density at radius 1 is 1.27 bits per heavy atom. The number of aryl methyl sites for hydroxylation is 1. The molecule has 0 aliphatic carbocycles. The van der Waals surface area contributed by atoms with Crippen molar-refractivity contribution in [3.8, 4) is 5.75 Å².